The number of benzene rings is 4. The van der Waals surface area contributed by atoms with E-state index in [4.69, 9.17) is 0 Å². The van der Waals surface area contributed by atoms with Crippen LogP contribution in [0.15, 0.2) is 84.9 Å². The van der Waals surface area contributed by atoms with Gasteiger partial charge in [-0.25, -0.2) is 0 Å². The predicted molar refractivity (Wildman–Crippen MR) is 162 cm³/mol. The van der Waals surface area contributed by atoms with E-state index in [9.17, 15) is 2.74 Å². The maximum absolute atomic E-state index is 9.41. The first-order valence-electron chi connectivity index (χ1n) is 15.2. The molecule has 3 aliphatic rings. The molecular weight excluding hydrogens is 458 g/mol. The van der Waals surface area contributed by atoms with Gasteiger partial charge in [-0.3, -0.25) is 0 Å². The summed E-state index contributed by atoms with van der Waals surface area (Å²) >= 11 is 0. The third-order valence-corrected chi connectivity index (χ3v) is 8.72. The average Bonchev–Trinajstić information content (AvgIpc) is 3.85. The van der Waals surface area contributed by atoms with Crippen molar-refractivity contribution >= 4 is 11.4 Å². The fourth-order valence-corrected chi connectivity index (χ4v) is 6.54. The fourth-order valence-electron chi connectivity index (χ4n) is 6.54. The van der Waals surface area contributed by atoms with E-state index < -0.39 is 11.8 Å². The first-order chi connectivity index (χ1) is 18.9. The van der Waals surface area contributed by atoms with Crippen LogP contribution in [0.4, 0.5) is 11.4 Å². The van der Waals surface area contributed by atoms with Gasteiger partial charge in [0.1, 0.15) is 0 Å². The Bertz CT molecular complexity index is 1640. The van der Waals surface area contributed by atoms with E-state index in [0.717, 1.165) is 53.7 Å². The predicted octanol–water partition coefficient (Wildman–Crippen LogP) is 10.4. The summed E-state index contributed by atoms with van der Waals surface area (Å²) in [6, 6.07) is 30.8. The minimum Gasteiger partial charge on any atom is -0.336 e. The first kappa shape index (κ1) is 21.6. The highest BCUT2D eigenvalue weighted by Gasteiger charge is 2.40. The standard InChI is InChI=1S/C37H39N/c1-36(2,3)38(34-20-19-27(21-29(34)25-15-16-25)24-11-7-6-8-12-24)35-23-31-28-13-9-10-14-32(28)37(4,5)33(31)22-30(35)26-17-18-26/h6-14,19-23,25-26H,15-18H2,1-5H3/i25D,26D. The van der Waals surface area contributed by atoms with Gasteiger partial charge in [-0.15, -0.1) is 0 Å². The first-order valence-corrected chi connectivity index (χ1v) is 14.2. The zero-order valence-corrected chi connectivity index (χ0v) is 23.4. The van der Waals surface area contributed by atoms with E-state index in [1.54, 1.807) is 0 Å². The van der Waals surface area contributed by atoms with Crippen LogP contribution in [0.3, 0.4) is 0 Å². The van der Waals surface area contributed by atoms with E-state index in [1.807, 2.05) is 0 Å². The molecule has 1 nitrogen and oxygen atoms in total. The molecule has 0 saturated heterocycles. The fraction of sp³-hybridized carbons (Fsp3) is 0.351. The SMILES string of the molecule is [2H]C1(c2cc(-c3ccccc3)ccc2N(c2cc3c(cc2C2([2H])CC2)C(C)(C)c2ccccc2-3)C(C)(C)C)CC1. The second-order valence-corrected chi connectivity index (χ2v) is 12.9. The lowest BCUT2D eigenvalue weighted by Gasteiger charge is -2.41. The van der Waals surface area contributed by atoms with Crippen molar-refractivity contribution in [3.8, 4) is 22.3 Å². The Morgan fingerprint density at radius 3 is 1.95 bits per heavy atom. The lowest BCUT2D eigenvalue weighted by Crippen LogP contribution is -2.39. The van der Waals surface area contributed by atoms with Crippen molar-refractivity contribution in [2.24, 2.45) is 0 Å². The number of nitrogens with zero attached hydrogens (tertiary/aromatic N) is 1. The van der Waals surface area contributed by atoms with Crippen molar-refractivity contribution in [2.75, 3.05) is 4.90 Å². The number of hydrogen-bond donors (Lipinski definition) is 0. The number of hydrogen-bond acceptors (Lipinski definition) is 1. The highest BCUT2D eigenvalue weighted by Crippen LogP contribution is 2.56. The molecule has 7 rings (SSSR count). The Morgan fingerprint density at radius 2 is 1.29 bits per heavy atom. The summed E-state index contributed by atoms with van der Waals surface area (Å²) in [6.45, 7) is 11.4. The van der Waals surface area contributed by atoms with Crippen LogP contribution in [0.25, 0.3) is 22.3 Å². The van der Waals surface area contributed by atoms with Crippen LogP contribution in [0.1, 0.15) is 97.1 Å². The van der Waals surface area contributed by atoms with Crippen LogP contribution in [0, 0.1) is 0 Å². The molecular formula is C37H39N. The zero-order valence-electron chi connectivity index (χ0n) is 25.4. The molecule has 3 aliphatic carbocycles. The maximum Gasteiger partial charge on any atom is 0.0457 e. The summed E-state index contributed by atoms with van der Waals surface area (Å²) in [5, 5.41) is 0. The van der Waals surface area contributed by atoms with Crippen LogP contribution in [-0.2, 0) is 5.41 Å². The molecule has 0 heterocycles. The van der Waals surface area contributed by atoms with Crippen molar-refractivity contribution in [2.45, 2.75) is 83.0 Å². The summed E-state index contributed by atoms with van der Waals surface area (Å²) < 4.78 is 18.8. The molecule has 0 aliphatic heterocycles. The van der Waals surface area contributed by atoms with Gasteiger partial charge in [0.05, 0.1) is 0 Å². The lowest BCUT2D eigenvalue weighted by atomic mass is 9.81. The van der Waals surface area contributed by atoms with Crippen molar-refractivity contribution in [3.05, 3.63) is 107 Å². The van der Waals surface area contributed by atoms with Crippen LogP contribution < -0.4 is 4.90 Å². The molecule has 0 bridgehead atoms. The summed E-state index contributed by atoms with van der Waals surface area (Å²) in [4.78, 5) is 2.46. The molecule has 1 heteroatoms. The molecule has 0 amide bonds. The van der Waals surface area contributed by atoms with Crippen LogP contribution in [-0.4, -0.2) is 5.54 Å². The van der Waals surface area contributed by atoms with E-state index in [1.165, 1.54) is 27.8 Å². The van der Waals surface area contributed by atoms with Gasteiger partial charge in [-0.05, 0) is 121 Å². The van der Waals surface area contributed by atoms with Crippen molar-refractivity contribution in [1.29, 1.82) is 0 Å². The van der Waals surface area contributed by atoms with Gasteiger partial charge in [0, 0.05) is 25.1 Å². The Hall–Kier alpha value is -3.32. The van der Waals surface area contributed by atoms with Crippen molar-refractivity contribution in [1.82, 2.24) is 0 Å². The van der Waals surface area contributed by atoms with Gasteiger partial charge in [0.25, 0.3) is 0 Å². The van der Waals surface area contributed by atoms with Gasteiger partial charge in [0.15, 0.2) is 0 Å². The largest absolute Gasteiger partial charge is 0.336 e. The Kier molecular flexibility index (Phi) is 4.74. The van der Waals surface area contributed by atoms with E-state index in [2.05, 4.69) is 124 Å². The molecule has 192 valence electrons. The van der Waals surface area contributed by atoms with E-state index in [-0.39, 0.29) is 11.0 Å². The van der Waals surface area contributed by atoms with Gasteiger partial charge in [-0.2, -0.15) is 0 Å². The topological polar surface area (TPSA) is 3.24 Å². The Balaban J connectivity index is 1.49. The number of anilines is 2. The quantitative estimate of drug-likeness (QED) is 0.264. The minimum absolute atomic E-state index is 0.0985. The summed E-state index contributed by atoms with van der Waals surface area (Å²) in [5.74, 6) is -1.12. The van der Waals surface area contributed by atoms with E-state index >= 15 is 0 Å². The highest BCUT2D eigenvalue weighted by atomic mass is 15.2. The van der Waals surface area contributed by atoms with Crippen LogP contribution in [0.2, 0.25) is 0 Å². The zero-order chi connectivity index (χ0) is 28.1. The van der Waals surface area contributed by atoms with Crippen molar-refractivity contribution < 1.29 is 2.74 Å². The molecule has 0 atom stereocenters. The summed E-state index contributed by atoms with van der Waals surface area (Å²) in [7, 11) is 0. The molecule has 4 aromatic rings. The monoisotopic (exact) mass is 499 g/mol. The molecule has 0 aromatic heterocycles. The summed E-state index contributed by atoms with van der Waals surface area (Å²) in [6.07, 6.45) is 3.56. The Labute approximate surface area is 231 Å². The third-order valence-electron chi connectivity index (χ3n) is 8.72. The van der Waals surface area contributed by atoms with E-state index in [0.29, 0.717) is 0 Å². The lowest BCUT2D eigenvalue weighted by molar-refractivity contribution is 0.557. The third kappa shape index (κ3) is 3.82. The molecule has 0 N–H and O–H groups in total. The second-order valence-electron chi connectivity index (χ2n) is 12.9. The maximum atomic E-state index is 9.41. The smallest absolute Gasteiger partial charge is 0.0457 e. The van der Waals surface area contributed by atoms with Gasteiger partial charge in [-0.1, -0.05) is 80.6 Å². The highest BCUT2D eigenvalue weighted by molar-refractivity contribution is 5.87. The molecule has 4 aromatic carbocycles. The van der Waals surface area contributed by atoms with Crippen molar-refractivity contribution in [3.63, 3.8) is 0 Å². The molecule has 2 fully saturated rings. The molecule has 0 radical (unpaired) electrons. The van der Waals surface area contributed by atoms with Gasteiger partial charge < -0.3 is 4.90 Å². The molecule has 0 spiro atoms. The van der Waals surface area contributed by atoms with Crippen LogP contribution >= 0.6 is 0 Å². The molecule has 38 heavy (non-hydrogen) atoms. The molecule has 2 saturated carbocycles. The van der Waals surface area contributed by atoms with Crippen LogP contribution in [0.5, 0.6) is 0 Å². The van der Waals surface area contributed by atoms with Gasteiger partial charge >= 0.3 is 0 Å². The average molecular weight is 500 g/mol. The minimum atomic E-state index is -0.562. The normalized spacial score (nSPS) is 20.1. The number of rotatable bonds is 5. The summed E-state index contributed by atoms with van der Waals surface area (Å²) in [5.41, 5.74) is 11.7. The van der Waals surface area contributed by atoms with Gasteiger partial charge in [0.2, 0.25) is 0 Å². The Morgan fingerprint density at radius 1 is 0.658 bits per heavy atom. The second kappa shape index (κ2) is 8.34. The number of fused-ring (bicyclic) bond motifs is 3. The molecule has 0 unspecified atom stereocenters.